The van der Waals surface area contributed by atoms with Crippen molar-refractivity contribution in [2.45, 2.75) is 83.4 Å². The average Bonchev–Trinajstić information content (AvgIpc) is 3.71. The minimum Gasteiger partial charge on any atom is -0.461 e. The number of fused-ring (bicyclic) bond motifs is 2. The molecule has 46 heavy (non-hydrogen) atoms. The average molecular weight is 638 g/mol. The summed E-state index contributed by atoms with van der Waals surface area (Å²) in [6, 6.07) is 9.00. The maximum Gasteiger partial charge on any atom is 0.573 e. The Hall–Kier alpha value is -3.53. The van der Waals surface area contributed by atoms with Crippen LogP contribution < -0.4 is 4.74 Å². The second kappa shape index (κ2) is 9.52. The number of hydrogen-bond donors (Lipinski definition) is 1. The van der Waals surface area contributed by atoms with Gasteiger partial charge in [-0.25, -0.2) is 4.79 Å². The first-order valence-electron chi connectivity index (χ1n) is 16.3. The zero-order chi connectivity index (χ0) is 32.3. The standard InChI is InChI=1S/C36H38F3NO6/c1-31-12-9-23(41)18-33(31)15-16-35(25(19-33)29(42)26-4-3-17-44-26)27(31)10-13-32(2)28(35)11-14-34(32)21-40(30(43)46-34)20-22-5-7-24(8-6-22)45-36(37,38)39/h3-8,15-17,19,23,27-28,41H,9-14,18,20-21H2,1-2H3/t23-,27+,28+,31+,32-,33-,34+,35+/m0/s1. The van der Waals surface area contributed by atoms with Crippen LogP contribution >= 0.6 is 0 Å². The summed E-state index contributed by atoms with van der Waals surface area (Å²) in [5, 5.41) is 10.9. The summed E-state index contributed by atoms with van der Waals surface area (Å²) >= 11 is 0. The molecule has 2 aromatic rings. The number of benzene rings is 1. The van der Waals surface area contributed by atoms with Crippen LogP contribution in [0.25, 0.3) is 0 Å². The molecule has 7 aliphatic rings. The van der Waals surface area contributed by atoms with Gasteiger partial charge in [-0.3, -0.25) is 9.69 Å². The molecule has 3 spiro atoms. The summed E-state index contributed by atoms with van der Waals surface area (Å²) in [6.45, 7) is 5.14. The summed E-state index contributed by atoms with van der Waals surface area (Å²) in [5.41, 5.74) is -0.916. The number of furan rings is 1. The van der Waals surface area contributed by atoms with Crippen molar-refractivity contribution >= 4 is 11.9 Å². The number of nitrogens with zero attached hydrogens (tertiary/aromatic N) is 1. The smallest absolute Gasteiger partial charge is 0.461 e. The number of hydrogen-bond acceptors (Lipinski definition) is 6. The van der Waals surface area contributed by atoms with Crippen LogP contribution in [0.1, 0.15) is 74.9 Å². The SMILES string of the molecule is C[C@]12CC[C@H]3[C@]4(C=C[C@@]5(C=C4C(=O)c4ccco4)C[C@@H](O)CC[C@]35C)[C@@H]1CC[C@@]21CN(Cc2ccc(OC(F)(F)F)cc2)C(=O)O1. The van der Waals surface area contributed by atoms with Crippen molar-refractivity contribution in [3.05, 3.63) is 77.8 Å². The highest BCUT2D eigenvalue weighted by Gasteiger charge is 2.76. The van der Waals surface area contributed by atoms with Gasteiger partial charge in [0.05, 0.1) is 18.9 Å². The molecule has 6 aliphatic carbocycles. The predicted octanol–water partition coefficient (Wildman–Crippen LogP) is 7.61. The van der Waals surface area contributed by atoms with Crippen molar-refractivity contribution in [1.82, 2.24) is 4.90 Å². The number of Topliss-reactive ketones (excluding diaryl/α,β-unsaturated/α-hetero) is 1. The number of halogens is 3. The quantitative estimate of drug-likeness (QED) is 0.268. The largest absolute Gasteiger partial charge is 0.573 e. The third-order valence-corrected chi connectivity index (χ3v) is 13.2. The van der Waals surface area contributed by atoms with Crippen LogP contribution in [0.3, 0.4) is 0 Å². The van der Waals surface area contributed by atoms with E-state index < -0.39 is 40.4 Å². The molecule has 1 aromatic carbocycles. The molecule has 1 aromatic heterocycles. The maximum absolute atomic E-state index is 14.3. The molecular weight excluding hydrogens is 599 g/mol. The lowest BCUT2D eigenvalue weighted by molar-refractivity contribution is -0.274. The van der Waals surface area contributed by atoms with Crippen LogP contribution in [-0.2, 0) is 11.3 Å². The molecular formula is C36H38F3NO6. The van der Waals surface area contributed by atoms with Crippen LogP contribution in [0.4, 0.5) is 18.0 Å². The number of carbonyl (C=O) groups excluding carboxylic acids is 2. The minimum absolute atomic E-state index is 0.0219. The van der Waals surface area contributed by atoms with Gasteiger partial charge in [-0.05, 0) is 92.0 Å². The van der Waals surface area contributed by atoms with E-state index in [0.29, 0.717) is 30.7 Å². The van der Waals surface area contributed by atoms with E-state index in [1.165, 1.54) is 30.5 Å². The molecule has 3 saturated carbocycles. The molecule has 1 aliphatic heterocycles. The van der Waals surface area contributed by atoms with Gasteiger partial charge in [-0.2, -0.15) is 0 Å². The van der Waals surface area contributed by atoms with Crippen LogP contribution in [0, 0.1) is 33.5 Å². The fraction of sp³-hybridized carbons (Fsp3) is 0.556. The molecule has 0 radical (unpaired) electrons. The van der Waals surface area contributed by atoms with Gasteiger partial charge in [0.25, 0.3) is 0 Å². The van der Waals surface area contributed by atoms with Gasteiger partial charge in [0.2, 0.25) is 5.78 Å². The summed E-state index contributed by atoms with van der Waals surface area (Å²) < 4.78 is 54.0. The predicted molar refractivity (Wildman–Crippen MR) is 159 cm³/mol. The molecule has 1 N–H and O–H groups in total. The van der Waals surface area contributed by atoms with E-state index in [-0.39, 0.29) is 35.3 Å². The third kappa shape index (κ3) is 3.88. The Kier molecular flexibility index (Phi) is 6.18. The summed E-state index contributed by atoms with van der Waals surface area (Å²) in [5.74, 6) is 0.0722. The van der Waals surface area contributed by atoms with Crippen molar-refractivity contribution in [1.29, 1.82) is 0 Å². The molecule has 9 rings (SSSR count). The van der Waals surface area contributed by atoms with Gasteiger partial charge in [0.15, 0.2) is 5.76 Å². The van der Waals surface area contributed by atoms with Gasteiger partial charge >= 0.3 is 12.5 Å². The maximum atomic E-state index is 14.3. The molecule has 1 saturated heterocycles. The van der Waals surface area contributed by atoms with Crippen LogP contribution in [0.15, 0.2) is 70.9 Å². The lowest BCUT2D eigenvalue weighted by Gasteiger charge is -2.71. The highest BCUT2D eigenvalue weighted by atomic mass is 19.4. The Labute approximate surface area is 265 Å². The van der Waals surface area contributed by atoms with E-state index in [1.807, 2.05) is 0 Å². The fourth-order valence-corrected chi connectivity index (χ4v) is 11.1. The van der Waals surface area contributed by atoms with Crippen LogP contribution in [0.5, 0.6) is 5.75 Å². The first kappa shape index (κ1) is 29.8. The van der Waals surface area contributed by atoms with Crippen molar-refractivity contribution in [2.24, 2.45) is 33.5 Å². The third-order valence-electron chi connectivity index (χ3n) is 13.2. The number of alkyl halides is 3. The van der Waals surface area contributed by atoms with Gasteiger partial charge < -0.3 is 19.0 Å². The van der Waals surface area contributed by atoms with E-state index in [1.54, 1.807) is 17.0 Å². The van der Waals surface area contributed by atoms with E-state index >= 15 is 0 Å². The molecule has 2 bridgehead atoms. The van der Waals surface area contributed by atoms with E-state index in [9.17, 15) is 27.9 Å². The number of allylic oxidation sites excluding steroid dienone is 4. The number of ketones is 1. The zero-order valence-electron chi connectivity index (χ0n) is 25.9. The topological polar surface area (TPSA) is 89.2 Å². The van der Waals surface area contributed by atoms with Gasteiger partial charge in [-0.15, -0.1) is 13.2 Å². The Bertz CT molecular complexity index is 1650. The monoisotopic (exact) mass is 637 g/mol. The van der Waals surface area contributed by atoms with Crippen LogP contribution in [-0.4, -0.2) is 46.5 Å². The summed E-state index contributed by atoms with van der Waals surface area (Å²) in [4.78, 5) is 29.5. The van der Waals surface area contributed by atoms with Crippen molar-refractivity contribution < 1.29 is 41.8 Å². The Morgan fingerprint density at radius 2 is 1.74 bits per heavy atom. The summed E-state index contributed by atoms with van der Waals surface area (Å²) in [6.07, 6.45) is 7.92. The van der Waals surface area contributed by atoms with Gasteiger partial charge in [-0.1, -0.05) is 44.2 Å². The molecule has 4 fully saturated rings. The van der Waals surface area contributed by atoms with Crippen molar-refractivity contribution in [2.75, 3.05) is 6.54 Å². The Balaban J connectivity index is 1.14. The van der Waals surface area contributed by atoms with Crippen molar-refractivity contribution in [3.8, 4) is 5.75 Å². The number of aliphatic hydroxyl groups excluding tert-OH is 1. The molecule has 10 heteroatoms. The Morgan fingerprint density at radius 1 is 1.02 bits per heavy atom. The first-order valence-corrected chi connectivity index (χ1v) is 16.3. The van der Waals surface area contributed by atoms with E-state index in [0.717, 1.165) is 37.7 Å². The first-order chi connectivity index (χ1) is 21.7. The molecule has 8 atom stereocenters. The number of rotatable bonds is 5. The molecule has 244 valence electrons. The highest BCUT2D eigenvalue weighted by Crippen LogP contribution is 2.79. The molecule has 1 amide bonds. The fourth-order valence-electron chi connectivity index (χ4n) is 11.1. The van der Waals surface area contributed by atoms with Crippen molar-refractivity contribution in [3.63, 3.8) is 0 Å². The lowest BCUT2D eigenvalue weighted by Crippen LogP contribution is -2.67. The zero-order valence-corrected chi connectivity index (χ0v) is 25.9. The summed E-state index contributed by atoms with van der Waals surface area (Å²) in [7, 11) is 0. The number of ether oxygens (including phenoxy) is 2. The molecule has 0 unspecified atom stereocenters. The number of carbonyl (C=O) groups is 2. The number of aliphatic hydroxyl groups is 1. The highest BCUT2D eigenvalue weighted by molar-refractivity contribution is 6.08. The lowest BCUT2D eigenvalue weighted by atomic mass is 9.32. The number of amides is 1. The van der Waals surface area contributed by atoms with E-state index in [4.69, 9.17) is 9.15 Å². The Morgan fingerprint density at radius 3 is 2.46 bits per heavy atom. The second-order valence-corrected chi connectivity index (χ2v) is 15.0. The van der Waals surface area contributed by atoms with E-state index in [2.05, 4.69) is 36.8 Å². The molecule has 7 nitrogen and oxygen atoms in total. The van der Waals surface area contributed by atoms with Crippen LogP contribution in [0.2, 0.25) is 0 Å². The second-order valence-electron chi connectivity index (χ2n) is 15.0. The molecule has 2 heterocycles. The van der Waals surface area contributed by atoms with Gasteiger partial charge in [0, 0.05) is 28.4 Å². The van der Waals surface area contributed by atoms with Gasteiger partial charge in [0.1, 0.15) is 11.4 Å². The minimum atomic E-state index is -4.78. The normalized spacial score (nSPS) is 40.7.